The van der Waals surface area contributed by atoms with Gasteiger partial charge in [-0.3, -0.25) is 14.3 Å². The first kappa shape index (κ1) is 34.6. The van der Waals surface area contributed by atoms with Gasteiger partial charge in [-0.05, 0) is 67.3 Å². The van der Waals surface area contributed by atoms with Gasteiger partial charge >= 0.3 is 0 Å². The molecule has 4 aromatic rings. The molecule has 0 aromatic heterocycles. The maximum absolute atomic E-state index is 13.7. The van der Waals surface area contributed by atoms with E-state index in [9.17, 15) is 23.1 Å². The maximum Gasteiger partial charge on any atom is 0.251 e. The van der Waals surface area contributed by atoms with Gasteiger partial charge in [-0.25, -0.2) is 8.42 Å². The van der Waals surface area contributed by atoms with Crippen molar-refractivity contribution in [1.82, 2.24) is 16.0 Å². The number of carbonyl (C=O) groups is 2. The quantitative estimate of drug-likeness (QED) is 0.120. The number of amides is 2. The number of benzene rings is 4. The first-order valence-corrected chi connectivity index (χ1v) is 17.1. The molecule has 0 bridgehead atoms. The molecule has 11 heteroatoms. The highest BCUT2D eigenvalue weighted by Crippen LogP contribution is 2.20. The topological polar surface area (TPSA) is 137 Å². The van der Waals surface area contributed by atoms with E-state index in [1.165, 1.54) is 25.1 Å². The number of carbonyl (C=O) groups excluding carboxylic acids is 2. The van der Waals surface area contributed by atoms with Crippen molar-refractivity contribution in [3.05, 3.63) is 136 Å². The predicted octanol–water partition coefficient (Wildman–Crippen LogP) is 5.08. The van der Waals surface area contributed by atoms with E-state index in [-0.39, 0.29) is 35.2 Å². The van der Waals surface area contributed by atoms with E-state index in [2.05, 4.69) is 20.7 Å². The number of anilines is 1. The lowest BCUT2D eigenvalue weighted by molar-refractivity contribution is 0.0830. The standard InChI is InChI=1S/C35H39ClN4O5S/c1-3-46(44,45)40-31-20-28(34(42)38-24(2)27-14-8-5-9-15-27)19-29(21-31)35(43)39-32(18-25-11-6-4-7-12-25)33(41)23-37-22-26-13-10-16-30(36)17-26/h4-17,19-21,24,32-33,37,40-41H,3,18,22-23H2,1-2H3,(H,38,42)(H,39,43)/t24-,32+,33-/m1/s1. The molecule has 0 aliphatic heterocycles. The third-order valence-corrected chi connectivity index (χ3v) is 8.95. The van der Waals surface area contributed by atoms with E-state index in [4.69, 9.17) is 11.6 Å². The Bertz CT molecular complexity index is 1720. The molecule has 3 atom stereocenters. The molecule has 46 heavy (non-hydrogen) atoms. The van der Waals surface area contributed by atoms with Gasteiger partial charge in [-0.2, -0.15) is 0 Å². The Morgan fingerprint density at radius 2 is 1.41 bits per heavy atom. The SMILES string of the molecule is CCS(=O)(=O)Nc1cc(C(=O)N[C@@H](Cc2ccccc2)[C@H](O)CNCc2cccc(Cl)c2)cc(C(=O)N[C@H](C)c2ccccc2)c1. The lowest BCUT2D eigenvalue weighted by Gasteiger charge is -2.25. The molecule has 0 spiro atoms. The molecular weight excluding hydrogens is 624 g/mol. The molecule has 0 saturated heterocycles. The molecule has 5 N–H and O–H groups in total. The zero-order valence-electron chi connectivity index (χ0n) is 25.7. The largest absolute Gasteiger partial charge is 0.390 e. The zero-order valence-corrected chi connectivity index (χ0v) is 27.3. The van der Waals surface area contributed by atoms with E-state index >= 15 is 0 Å². The molecule has 0 aliphatic carbocycles. The van der Waals surface area contributed by atoms with Crippen LogP contribution < -0.4 is 20.7 Å². The molecule has 242 valence electrons. The van der Waals surface area contributed by atoms with Crippen molar-refractivity contribution in [3.8, 4) is 0 Å². The van der Waals surface area contributed by atoms with Crippen LogP contribution in [-0.4, -0.2) is 49.8 Å². The van der Waals surface area contributed by atoms with Crippen LogP contribution in [0.25, 0.3) is 0 Å². The third-order valence-electron chi connectivity index (χ3n) is 7.41. The minimum atomic E-state index is -3.71. The highest BCUT2D eigenvalue weighted by molar-refractivity contribution is 7.92. The Labute approximate surface area is 275 Å². The Morgan fingerprint density at radius 3 is 2.04 bits per heavy atom. The summed E-state index contributed by atoms with van der Waals surface area (Å²) in [6.45, 7) is 3.96. The Morgan fingerprint density at radius 1 is 0.804 bits per heavy atom. The van der Waals surface area contributed by atoms with Crippen LogP contribution >= 0.6 is 11.6 Å². The first-order valence-electron chi connectivity index (χ1n) is 15.0. The Balaban J connectivity index is 1.56. The van der Waals surface area contributed by atoms with Crippen molar-refractivity contribution in [3.63, 3.8) is 0 Å². The fourth-order valence-electron chi connectivity index (χ4n) is 4.86. The molecule has 0 fully saturated rings. The highest BCUT2D eigenvalue weighted by Gasteiger charge is 2.24. The van der Waals surface area contributed by atoms with Crippen LogP contribution in [0.4, 0.5) is 5.69 Å². The number of aliphatic hydroxyl groups is 1. The van der Waals surface area contributed by atoms with Crippen molar-refractivity contribution in [1.29, 1.82) is 0 Å². The molecule has 0 unspecified atom stereocenters. The smallest absolute Gasteiger partial charge is 0.251 e. The second-order valence-corrected chi connectivity index (χ2v) is 13.5. The van der Waals surface area contributed by atoms with Crippen molar-refractivity contribution < 1.29 is 23.1 Å². The summed E-state index contributed by atoms with van der Waals surface area (Å²) in [4.78, 5) is 27.1. The van der Waals surface area contributed by atoms with E-state index in [0.29, 0.717) is 18.0 Å². The molecule has 0 radical (unpaired) electrons. The number of hydrogen-bond donors (Lipinski definition) is 5. The van der Waals surface area contributed by atoms with Crippen molar-refractivity contribution in [2.45, 2.75) is 45.0 Å². The number of sulfonamides is 1. The van der Waals surface area contributed by atoms with Gasteiger partial charge in [0.1, 0.15) is 0 Å². The van der Waals surface area contributed by atoms with Crippen LogP contribution in [0.1, 0.15) is 57.3 Å². The zero-order chi connectivity index (χ0) is 33.1. The van der Waals surface area contributed by atoms with Gasteiger partial charge in [0.05, 0.1) is 29.6 Å². The number of nitrogens with one attached hydrogen (secondary N) is 4. The van der Waals surface area contributed by atoms with Crippen LogP contribution in [0.3, 0.4) is 0 Å². The van der Waals surface area contributed by atoms with E-state index in [1.54, 1.807) is 6.07 Å². The van der Waals surface area contributed by atoms with Crippen molar-refractivity contribution >= 4 is 39.1 Å². The minimum absolute atomic E-state index is 0.0611. The summed E-state index contributed by atoms with van der Waals surface area (Å²) in [5.74, 6) is -1.24. The Hall–Kier alpha value is -4.22. The van der Waals surface area contributed by atoms with Gasteiger partial charge in [-0.15, -0.1) is 0 Å². The van der Waals surface area contributed by atoms with Gasteiger partial charge in [-0.1, -0.05) is 84.4 Å². The van der Waals surface area contributed by atoms with E-state index < -0.39 is 34.0 Å². The maximum atomic E-state index is 13.7. The first-order chi connectivity index (χ1) is 22.0. The third kappa shape index (κ3) is 10.4. The van der Waals surface area contributed by atoms with Crippen LogP contribution in [0.5, 0.6) is 0 Å². The molecule has 4 aromatic carbocycles. The van der Waals surface area contributed by atoms with Crippen LogP contribution in [0.15, 0.2) is 103 Å². The second kappa shape index (κ2) is 16.4. The summed E-state index contributed by atoms with van der Waals surface area (Å²) in [5.41, 5.74) is 2.98. The summed E-state index contributed by atoms with van der Waals surface area (Å²) in [6.07, 6.45) is -0.656. The van der Waals surface area contributed by atoms with Crippen LogP contribution in [0, 0.1) is 0 Å². The summed E-state index contributed by atoms with van der Waals surface area (Å²) in [5, 5.41) is 20.9. The summed E-state index contributed by atoms with van der Waals surface area (Å²) in [7, 11) is -3.71. The van der Waals surface area contributed by atoms with Gasteiger partial charge < -0.3 is 21.1 Å². The minimum Gasteiger partial charge on any atom is -0.390 e. The molecular formula is C35H39ClN4O5S. The molecule has 0 aliphatic rings. The van der Waals surface area contributed by atoms with Crippen molar-refractivity contribution in [2.75, 3.05) is 17.0 Å². The Kier molecular flexibility index (Phi) is 12.3. The van der Waals surface area contributed by atoms with Crippen molar-refractivity contribution in [2.24, 2.45) is 0 Å². The van der Waals surface area contributed by atoms with Crippen LogP contribution in [0.2, 0.25) is 5.02 Å². The normalized spacial score (nSPS) is 13.3. The molecule has 0 saturated carbocycles. The van der Waals surface area contributed by atoms with Gasteiger partial charge in [0.15, 0.2) is 0 Å². The molecule has 0 heterocycles. The number of halogens is 1. The van der Waals surface area contributed by atoms with E-state index in [1.807, 2.05) is 85.8 Å². The molecule has 4 rings (SSSR count). The van der Waals surface area contributed by atoms with E-state index in [0.717, 1.165) is 16.7 Å². The lowest BCUT2D eigenvalue weighted by atomic mass is 10.00. The fraction of sp³-hybridized carbons (Fsp3) is 0.257. The number of aliphatic hydroxyl groups excluding tert-OH is 1. The fourth-order valence-corrected chi connectivity index (χ4v) is 5.70. The average molecular weight is 663 g/mol. The summed E-state index contributed by atoms with van der Waals surface area (Å²) < 4.78 is 27.3. The number of rotatable bonds is 15. The van der Waals surface area contributed by atoms with Gasteiger partial charge in [0, 0.05) is 29.2 Å². The van der Waals surface area contributed by atoms with Gasteiger partial charge in [0.25, 0.3) is 11.8 Å². The highest BCUT2D eigenvalue weighted by atomic mass is 35.5. The molecule has 2 amide bonds. The summed E-state index contributed by atoms with van der Waals surface area (Å²) in [6, 6.07) is 29.3. The second-order valence-electron chi connectivity index (χ2n) is 11.0. The summed E-state index contributed by atoms with van der Waals surface area (Å²) >= 11 is 6.09. The van der Waals surface area contributed by atoms with Gasteiger partial charge in [0.2, 0.25) is 10.0 Å². The van der Waals surface area contributed by atoms with Crippen LogP contribution in [-0.2, 0) is 23.0 Å². The molecule has 9 nitrogen and oxygen atoms in total. The predicted molar refractivity (Wildman–Crippen MR) is 182 cm³/mol. The monoisotopic (exact) mass is 662 g/mol. The lowest BCUT2D eigenvalue weighted by Crippen LogP contribution is -2.48. The average Bonchev–Trinajstić information content (AvgIpc) is 3.05. The number of hydrogen-bond acceptors (Lipinski definition) is 6.